The fourth-order valence-electron chi connectivity index (χ4n) is 5.14. The van der Waals surface area contributed by atoms with Crippen molar-refractivity contribution in [2.24, 2.45) is 4.74 Å². The molecule has 4 nitrogen and oxygen atoms in total. The molecule has 4 rings (SSSR count). The molecule has 0 spiro atoms. The molecule has 0 aliphatic heterocycles. The Bertz CT molecular complexity index is 1330. The molecule has 5 heteroatoms. The number of hydrogen-bond donors (Lipinski definition) is 0. The molecule has 4 aromatic rings. The van der Waals surface area contributed by atoms with Crippen LogP contribution in [0.25, 0.3) is 0 Å². The van der Waals surface area contributed by atoms with Crippen molar-refractivity contribution in [1.29, 1.82) is 0 Å². The minimum absolute atomic E-state index is 0.207. The fraction of sp³-hybridized carbons (Fsp3) is 0.297. The van der Waals surface area contributed by atoms with Crippen molar-refractivity contribution in [3.8, 4) is 0 Å². The van der Waals surface area contributed by atoms with Crippen LogP contribution in [0, 0.1) is 0 Å². The molecule has 0 amide bonds. The number of ketones is 1. The Morgan fingerprint density at radius 1 is 0.595 bits per heavy atom. The monoisotopic (exact) mass is 579 g/mol. The van der Waals surface area contributed by atoms with E-state index in [4.69, 9.17) is 9.48 Å². The van der Waals surface area contributed by atoms with Gasteiger partial charge in [0.15, 0.2) is 12.4 Å². The number of hydrogen-bond acceptors (Lipinski definition) is 4. The van der Waals surface area contributed by atoms with Gasteiger partial charge >= 0.3 is 5.97 Å². The van der Waals surface area contributed by atoms with Crippen molar-refractivity contribution in [2.75, 3.05) is 6.61 Å². The SMILES string of the molecule is CCCCCCCCCCC(=O)OCC(=O)c1ccc(N=P(c2ccccc2)(c2ccccc2)c2ccccc2)cc1. The van der Waals surface area contributed by atoms with E-state index in [1.54, 1.807) is 12.1 Å². The van der Waals surface area contributed by atoms with Crippen LogP contribution in [0.2, 0.25) is 0 Å². The van der Waals surface area contributed by atoms with Crippen LogP contribution in [0.5, 0.6) is 0 Å². The number of esters is 1. The van der Waals surface area contributed by atoms with Crippen LogP contribution < -0.4 is 15.9 Å². The molecule has 0 aliphatic carbocycles. The van der Waals surface area contributed by atoms with Gasteiger partial charge in [-0.05, 0) is 30.7 Å². The Hall–Kier alpha value is -3.75. The third kappa shape index (κ3) is 8.63. The first-order valence-corrected chi connectivity index (χ1v) is 17.0. The van der Waals surface area contributed by atoms with Gasteiger partial charge < -0.3 is 4.74 Å². The number of unbranched alkanes of at least 4 members (excludes halogenated alkanes) is 7. The first kappa shape index (κ1) is 31.2. The summed E-state index contributed by atoms with van der Waals surface area (Å²) in [5.41, 5.74) is 1.31. The highest BCUT2D eigenvalue weighted by Gasteiger charge is 2.27. The molecular weight excluding hydrogens is 537 g/mol. The molecule has 218 valence electrons. The maximum atomic E-state index is 12.8. The van der Waals surface area contributed by atoms with Crippen LogP contribution in [0.4, 0.5) is 5.69 Å². The van der Waals surface area contributed by atoms with Crippen LogP contribution >= 0.6 is 7.05 Å². The Morgan fingerprint density at radius 2 is 1.05 bits per heavy atom. The van der Waals surface area contributed by atoms with Crippen molar-refractivity contribution in [2.45, 2.75) is 64.7 Å². The van der Waals surface area contributed by atoms with E-state index in [0.717, 1.165) is 40.9 Å². The van der Waals surface area contributed by atoms with E-state index in [1.807, 2.05) is 30.3 Å². The molecule has 0 N–H and O–H groups in total. The van der Waals surface area contributed by atoms with Gasteiger partial charge in [-0.15, -0.1) is 0 Å². The van der Waals surface area contributed by atoms with Crippen molar-refractivity contribution >= 4 is 40.4 Å². The zero-order chi connectivity index (χ0) is 29.5. The summed E-state index contributed by atoms with van der Waals surface area (Å²) in [6, 6.07) is 38.7. The van der Waals surface area contributed by atoms with Crippen LogP contribution in [-0.4, -0.2) is 18.4 Å². The topological polar surface area (TPSA) is 55.7 Å². The Morgan fingerprint density at radius 3 is 1.52 bits per heavy atom. The fourth-order valence-corrected chi connectivity index (χ4v) is 8.67. The highest BCUT2D eigenvalue weighted by Crippen LogP contribution is 2.49. The van der Waals surface area contributed by atoms with Crippen molar-refractivity contribution in [3.05, 3.63) is 121 Å². The van der Waals surface area contributed by atoms with Crippen molar-refractivity contribution < 1.29 is 14.3 Å². The Labute approximate surface area is 251 Å². The minimum atomic E-state index is -2.39. The Balaban J connectivity index is 1.46. The van der Waals surface area contributed by atoms with Gasteiger partial charge in [0, 0.05) is 27.9 Å². The van der Waals surface area contributed by atoms with Crippen LogP contribution in [0.1, 0.15) is 75.1 Å². The number of Topliss-reactive ketones (excluding diaryl/α,β-unsaturated/α-hetero) is 1. The molecule has 0 saturated heterocycles. The second kappa shape index (κ2) is 16.6. The van der Waals surface area contributed by atoms with Gasteiger partial charge in [0.05, 0.1) is 12.7 Å². The lowest BCUT2D eigenvalue weighted by molar-refractivity contribution is -0.142. The van der Waals surface area contributed by atoms with Gasteiger partial charge in [-0.2, -0.15) is 0 Å². The quantitative estimate of drug-likeness (QED) is 0.0577. The number of carbonyl (C=O) groups excluding carboxylic acids is 2. The normalized spacial score (nSPS) is 11.2. The molecule has 0 saturated carbocycles. The van der Waals surface area contributed by atoms with E-state index in [2.05, 4.69) is 79.7 Å². The molecule has 0 heterocycles. The average Bonchev–Trinajstić information content (AvgIpc) is 3.05. The highest BCUT2D eigenvalue weighted by molar-refractivity contribution is 7.87. The summed E-state index contributed by atoms with van der Waals surface area (Å²) < 4.78 is 10.8. The van der Waals surface area contributed by atoms with E-state index >= 15 is 0 Å². The first-order valence-electron chi connectivity index (χ1n) is 15.2. The van der Waals surface area contributed by atoms with E-state index in [0.29, 0.717) is 12.0 Å². The number of rotatable bonds is 16. The summed E-state index contributed by atoms with van der Waals surface area (Å²) in [4.78, 5) is 25.0. The maximum Gasteiger partial charge on any atom is 0.306 e. The summed E-state index contributed by atoms with van der Waals surface area (Å²) in [6.07, 6.45) is 9.70. The lowest BCUT2D eigenvalue weighted by atomic mass is 10.1. The van der Waals surface area contributed by atoms with E-state index in [9.17, 15) is 9.59 Å². The summed E-state index contributed by atoms with van der Waals surface area (Å²) in [5, 5.41) is 3.47. The summed E-state index contributed by atoms with van der Waals surface area (Å²) >= 11 is 0. The van der Waals surface area contributed by atoms with Gasteiger partial charge in [0.1, 0.15) is 0 Å². The number of benzene rings is 4. The molecule has 0 aliphatic rings. The predicted molar refractivity (Wildman–Crippen MR) is 176 cm³/mol. The largest absolute Gasteiger partial charge is 0.457 e. The summed E-state index contributed by atoms with van der Waals surface area (Å²) in [7, 11) is -2.39. The van der Waals surface area contributed by atoms with Gasteiger partial charge in [0.25, 0.3) is 0 Å². The third-order valence-corrected chi connectivity index (χ3v) is 11.1. The first-order chi connectivity index (χ1) is 20.6. The number of ether oxygens (including phenoxy) is 1. The van der Waals surface area contributed by atoms with Crippen LogP contribution in [0.15, 0.2) is 120 Å². The molecule has 0 fully saturated rings. The molecule has 0 aromatic heterocycles. The third-order valence-electron chi connectivity index (χ3n) is 7.44. The van der Waals surface area contributed by atoms with E-state index in [1.165, 1.54) is 32.1 Å². The molecule has 0 bridgehead atoms. The lowest BCUT2D eigenvalue weighted by Crippen LogP contribution is -2.25. The van der Waals surface area contributed by atoms with Gasteiger partial charge in [0.2, 0.25) is 0 Å². The number of nitrogens with zero attached hydrogens (tertiary/aromatic N) is 1. The number of carbonyl (C=O) groups is 2. The standard InChI is InChI=1S/C37H42NO3P/c1-2-3-4-5-6-7-8-18-25-37(40)41-30-36(39)31-26-28-32(29-27-31)38-42(33-19-12-9-13-20-33,34-21-14-10-15-22-34)35-23-16-11-17-24-35/h9-17,19-24,26-29H,2-8,18,25,30H2,1H3. The zero-order valence-electron chi connectivity index (χ0n) is 24.7. The molecule has 42 heavy (non-hydrogen) atoms. The highest BCUT2D eigenvalue weighted by atomic mass is 31.2. The van der Waals surface area contributed by atoms with E-state index < -0.39 is 7.05 Å². The Kier molecular flexibility index (Phi) is 12.4. The molecule has 0 atom stereocenters. The van der Waals surface area contributed by atoms with Crippen molar-refractivity contribution in [3.63, 3.8) is 0 Å². The molecule has 4 aromatic carbocycles. The zero-order valence-corrected chi connectivity index (χ0v) is 25.6. The summed E-state index contributed by atoms with van der Waals surface area (Å²) in [5.74, 6) is -0.509. The minimum Gasteiger partial charge on any atom is -0.457 e. The van der Waals surface area contributed by atoms with Crippen LogP contribution in [0.3, 0.4) is 0 Å². The second-order valence-electron chi connectivity index (χ2n) is 10.6. The van der Waals surface area contributed by atoms with Gasteiger partial charge in [-0.25, -0.2) is 0 Å². The molecule has 0 radical (unpaired) electrons. The van der Waals surface area contributed by atoms with E-state index in [-0.39, 0.29) is 18.4 Å². The van der Waals surface area contributed by atoms with Crippen LogP contribution in [-0.2, 0) is 9.53 Å². The van der Waals surface area contributed by atoms with Gasteiger partial charge in [-0.3, -0.25) is 14.3 Å². The molecule has 0 unspecified atom stereocenters. The van der Waals surface area contributed by atoms with Gasteiger partial charge in [-0.1, -0.05) is 143 Å². The summed E-state index contributed by atoms with van der Waals surface area (Å²) in [6.45, 7) is 1.99. The maximum absolute atomic E-state index is 12.8. The average molecular weight is 580 g/mol. The van der Waals surface area contributed by atoms with Crippen molar-refractivity contribution in [1.82, 2.24) is 0 Å². The second-order valence-corrected chi connectivity index (χ2v) is 13.6. The lowest BCUT2D eigenvalue weighted by Gasteiger charge is -2.27. The smallest absolute Gasteiger partial charge is 0.306 e. The predicted octanol–water partition coefficient (Wildman–Crippen LogP) is 8.75. The molecular formula is C37H42NO3P.